The van der Waals surface area contributed by atoms with Gasteiger partial charge in [0.1, 0.15) is 0 Å². The normalized spacial score (nSPS) is 24.5. The van der Waals surface area contributed by atoms with Gasteiger partial charge in [-0.25, -0.2) is 0 Å². The molecule has 0 radical (unpaired) electrons. The summed E-state index contributed by atoms with van der Waals surface area (Å²) >= 11 is 0. The number of rotatable bonds is 4. The van der Waals surface area contributed by atoms with E-state index in [0.29, 0.717) is 12.6 Å². The number of carboxylic acids is 1. The third kappa shape index (κ3) is 3.32. The van der Waals surface area contributed by atoms with Crippen molar-refractivity contribution in [2.24, 2.45) is 0 Å². The first-order valence-corrected chi connectivity index (χ1v) is 4.77. The number of carboxylic acid groups (broad SMARTS) is 1. The third-order valence-electron chi connectivity index (χ3n) is 2.43. The molecule has 4 nitrogen and oxygen atoms in total. The maximum atomic E-state index is 10.4. The zero-order valence-electron chi connectivity index (χ0n) is 8.03. The Balaban J connectivity index is 2.31. The molecule has 1 aliphatic rings. The second kappa shape index (κ2) is 5.19. The van der Waals surface area contributed by atoms with Crippen LogP contribution in [0.15, 0.2) is 0 Å². The van der Waals surface area contributed by atoms with Crippen molar-refractivity contribution < 1.29 is 14.6 Å². The molecule has 4 heteroatoms. The highest BCUT2D eigenvalue weighted by atomic mass is 16.5. The molecule has 1 N–H and O–H groups in total. The van der Waals surface area contributed by atoms with Crippen LogP contribution in [0, 0.1) is 0 Å². The van der Waals surface area contributed by atoms with E-state index in [-0.39, 0.29) is 6.42 Å². The van der Waals surface area contributed by atoms with E-state index in [0.717, 1.165) is 26.2 Å². The fourth-order valence-electron chi connectivity index (χ4n) is 1.60. The lowest BCUT2D eigenvalue weighted by molar-refractivity contribution is -0.137. The SMILES string of the molecule is CCC1COCCN1CCC(=O)O. The minimum Gasteiger partial charge on any atom is -0.481 e. The summed E-state index contributed by atoms with van der Waals surface area (Å²) < 4.78 is 5.32. The van der Waals surface area contributed by atoms with Crippen LogP contribution in [-0.2, 0) is 9.53 Å². The van der Waals surface area contributed by atoms with Crippen LogP contribution in [-0.4, -0.2) is 48.3 Å². The second-order valence-electron chi connectivity index (χ2n) is 3.32. The number of hydrogen-bond acceptors (Lipinski definition) is 3. The smallest absolute Gasteiger partial charge is 0.304 e. The van der Waals surface area contributed by atoms with Gasteiger partial charge in [-0.05, 0) is 6.42 Å². The zero-order valence-corrected chi connectivity index (χ0v) is 8.03. The van der Waals surface area contributed by atoms with Crippen molar-refractivity contribution in [3.05, 3.63) is 0 Å². The molecule has 0 bridgehead atoms. The molecule has 0 spiro atoms. The number of carbonyl (C=O) groups is 1. The van der Waals surface area contributed by atoms with Crippen LogP contribution in [0.4, 0.5) is 0 Å². The summed E-state index contributed by atoms with van der Waals surface area (Å²) in [5.41, 5.74) is 0. The van der Waals surface area contributed by atoms with Gasteiger partial charge in [0, 0.05) is 19.1 Å². The van der Waals surface area contributed by atoms with E-state index in [1.165, 1.54) is 0 Å². The highest BCUT2D eigenvalue weighted by molar-refractivity contribution is 5.66. The van der Waals surface area contributed by atoms with E-state index in [9.17, 15) is 4.79 Å². The molecular formula is C9H17NO3. The Labute approximate surface area is 78.5 Å². The number of nitrogens with zero attached hydrogens (tertiary/aromatic N) is 1. The van der Waals surface area contributed by atoms with Gasteiger partial charge in [-0.15, -0.1) is 0 Å². The first kappa shape index (κ1) is 10.5. The van der Waals surface area contributed by atoms with Crippen molar-refractivity contribution in [3.63, 3.8) is 0 Å². The average molecular weight is 187 g/mol. The molecule has 1 unspecified atom stereocenters. The maximum absolute atomic E-state index is 10.4. The average Bonchev–Trinajstić information content (AvgIpc) is 2.15. The van der Waals surface area contributed by atoms with Crippen LogP contribution in [0.5, 0.6) is 0 Å². The van der Waals surface area contributed by atoms with Crippen molar-refractivity contribution in [3.8, 4) is 0 Å². The number of hydrogen-bond donors (Lipinski definition) is 1. The predicted molar refractivity (Wildman–Crippen MR) is 48.7 cm³/mol. The van der Waals surface area contributed by atoms with E-state index in [1.807, 2.05) is 0 Å². The summed E-state index contributed by atoms with van der Waals surface area (Å²) in [4.78, 5) is 12.6. The van der Waals surface area contributed by atoms with Gasteiger partial charge in [-0.2, -0.15) is 0 Å². The highest BCUT2D eigenvalue weighted by Gasteiger charge is 2.21. The van der Waals surface area contributed by atoms with Crippen LogP contribution in [0.3, 0.4) is 0 Å². The quantitative estimate of drug-likeness (QED) is 0.699. The van der Waals surface area contributed by atoms with Crippen LogP contribution in [0.25, 0.3) is 0 Å². The molecule has 0 aliphatic carbocycles. The summed E-state index contributed by atoms with van der Waals surface area (Å²) in [6, 6.07) is 0.410. The van der Waals surface area contributed by atoms with Crippen LogP contribution >= 0.6 is 0 Å². The Bertz CT molecular complexity index is 172. The van der Waals surface area contributed by atoms with Gasteiger partial charge >= 0.3 is 5.97 Å². The minimum absolute atomic E-state index is 0.233. The molecule has 1 aliphatic heterocycles. The summed E-state index contributed by atoms with van der Waals surface area (Å²) in [7, 11) is 0. The molecule has 0 aromatic carbocycles. The molecule has 1 fully saturated rings. The molecule has 0 aromatic heterocycles. The van der Waals surface area contributed by atoms with E-state index in [2.05, 4.69) is 11.8 Å². The lowest BCUT2D eigenvalue weighted by Crippen LogP contribution is -2.45. The molecule has 13 heavy (non-hydrogen) atoms. The van der Waals surface area contributed by atoms with Crippen molar-refractivity contribution in [2.45, 2.75) is 25.8 Å². The van der Waals surface area contributed by atoms with Crippen molar-refractivity contribution in [1.29, 1.82) is 0 Å². The Morgan fingerprint density at radius 1 is 1.69 bits per heavy atom. The predicted octanol–water partition coefficient (Wildman–Crippen LogP) is 0.572. The topological polar surface area (TPSA) is 49.8 Å². The molecular weight excluding hydrogens is 170 g/mol. The van der Waals surface area contributed by atoms with E-state index in [1.54, 1.807) is 0 Å². The van der Waals surface area contributed by atoms with Gasteiger partial charge < -0.3 is 9.84 Å². The highest BCUT2D eigenvalue weighted by Crippen LogP contribution is 2.10. The Kier molecular flexibility index (Phi) is 4.18. The number of morpholine rings is 1. The Morgan fingerprint density at radius 2 is 2.46 bits per heavy atom. The van der Waals surface area contributed by atoms with Gasteiger partial charge in [0.05, 0.1) is 19.6 Å². The van der Waals surface area contributed by atoms with Crippen molar-refractivity contribution in [2.75, 3.05) is 26.3 Å². The van der Waals surface area contributed by atoms with E-state index in [4.69, 9.17) is 9.84 Å². The van der Waals surface area contributed by atoms with Crippen LogP contribution < -0.4 is 0 Å². The molecule has 1 heterocycles. The molecule has 1 atom stereocenters. The van der Waals surface area contributed by atoms with Gasteiger partial charge in [0.15, 0.2) is 0 Å². The Morgan fingerprint density at radius 3 is 3.08 bits per heavy atom. The number of ether oxygens (including phenoxy) is 1. The van der Waals surface area contributed by atoms with E-state index >= 15 is 0 Å². The van der Waals surface area contributed by atoms with Crippen molar-refractivity contribution >= 4 is 5.97 Å². The standard InChI is InChI=1S/C9H17NO3/c1-2-8-7-13-6-5-10(8)4-3-9(11)12/h8H,2-7H2,1H3,(H,11,12). The molecule has 0 aromatic rings. The molecule has 1 rings (SSSR count). The summed E-state index contributed by atoms with van der Waals surface area (Å²) in [5.74, 6) is -0.721. The maximum Gasteiger partial charge on any atom is 0.304 e. The van der Waals surface area contributed by atoms with Crippen LogP contribution in [0.1, 0.15) is 19.8 Å². The van der Waals surface area contributed by atoms with Gasteiger partial charge in [-0.3, -0.25) is 9.69 Å². The molecule has 76 valence electrons. The van der Waals surface area contributed by atoms with Crippen molar-refractivity contribution in [1.82, 2.24) is 4.90 Å². The first-order valence-electron chi connectivity index (χ1n) is 4.77. The first-order chi connectivity index (χ1) is 6.24. The zero-order chi connectivity index (χ0) is 9.68. The fourth-order valence-corrected chi connectivity index (χ4v) is 1.60. The largest absolute Gasteiger partial charge is 0.481 e. The lowest BCUT2D eigenvalue weighted by atomic mass is 10.1. The van der Waals surface area contributed by atoms with Crippen LogP contribution in [0.2, 0.25) is 0 Å². The summed E-state index contributed by atoms with van der Waals surface area (Å²) in [5, 5.41) is 8.55. The minimum atomic E-state index is -0.721. The fraction of sp³-hybridized carbons (Fsp3) is 0.889. The van der Waals surface area contributed by atoms with E-state index < -0.39 is 5.97 Å². The summed E-state index contributed by atoms with van der Waals surface area (Å²) in [6.07, 6.45) is 1.26. The Hall–Kier alpha value is -0.610. The molecule has 1 saturated heterocycles. The lowest BCUT2D eigenvalue weighted by Gasteiger charge is -2.34. The monoisotopic (exact) mass is 187 g/mol. The van der Waals surface area contributed by atoms with Gasteiger partial charge in [0.25, 0.3) is 0 Å². The molecule has 0 amide bonds. The summed E-state index contributed by atoms with van der Waals surface area (Å²) in [6.45, 7) is 5.10. The van der Waals surface area contributed by atoms with Gasteiger partial charge in [-0.1, -0.05) is 6.92 Å². The number of aliphatic carboxylic acids is 1. The second-order valence-corrected chi connectivity index (χ2v) is 3.32. The third-order valence-corrected chi connectivity index (χ3v) is 2.43. The molecule has 0 saturated carbocycles. The van der Waals surface area contributed by atoms with Gasteiger partial charge in [0.2, 0.25) is 0 Å².